The molecule has 0 radical (unpaired) electrons. The van der Waals surface area contributed by atoms with E-state index in [0.717, 1.165) is 0 Å². The van der Waals surface area contributed by atoms with Gasteiger partial charge in [-0.15, -0.1) is 0 Å². The van der Waals surface area contributed by atoms with E-state index in [9.17, 15) is 9.59 Å². The van der Waals surface area contributed by atoms with E-state index in [4.69, 9.17) is 17.2 Å². The molecule has 25 heavy (non-hydrogen) atoms. The average Bonchev–Trinajstić information content (AvgIpc) is 3.05. The van der Waals surface area contributed by atoms with Gasteiger partial charge in [-0.1, -0.05) is 0 Å². The molecule has 0 aromatic carbocycles. The van der Waals surface area contributed by atoms with Crippen molar-refractivity contribution in [2.45, 2.75) is 0 Å². The van der Waals surface area contributed by atoms with Gasteiger partial charge in [0.2, 0.25) is 0 Å². The maximum Gasteiger partial charge on any atom is 0.272 e. The molecule has 0 aliphatic heterocycles. The predicted octanol–water partition coefficient (Wildman–Crippen LogP) is -0.799. The van der Waals surface area contributed by atoms with Crippen LogP contribution in [0.4, 0.5) is 11.4 Å². The smallest absolute Gasteiger partial charge is 0.272 e. The van der Waals surface area contributed by atoms with Gasteiger partial charge in [0.15, 0.2) is 5.96 Å². The van der Waals surface area contributed by atoms with Gasteiger partial charge in [-0.2, -0.15) is 0 Å². The number of carbonyl (C=O) groups excluding carboxylic acids is 2. The first-order valence-corrected chi connectivity index (χ1v) is 7.51. The molecule has 8 N–H and O–H groups in total. The number of nitrogen functional groups attached to an aromatic ring is 1. The minimum atomic E-state index is -0.315. The van der Waals surface area contributed by atoms with Crippen molar-refractivity contribution in [1.82, 2.24) is 14.5 Å². The second-order valence-corrected chi connectivity index (χ2v) is 5.51. The molecule has 0 unspecified atom stereocenters. The molecule has 10 nitrogen and oxygen atoms in total. The number of anilines is 2. The molecule has 0 spiro atoms. The van der Waals surface area contributed by atoms with Gasteiger partial charge in [0.25, 0.3) is 11.8 Å². The molecule has 2 aromatic rings. The zero-order valence-corrected chi connectivity index (χ0v) is 14.1. The van der Waals surface area contributed by atoms with Crippen LogP contribution in [0.25, 0.3) is 0 Å². The van der Waals surface area contributed by atoms with Crippen LogP contribution in [0, 0.1) is 0 Å². The number of guanidine groups is 1. The first kappa shape index (κ1) is 17.9. The molecule has 2 rings (SSSR count). The molecule has 0 aliphatic rings. The minimum absolute atomic E-state index is 0.0283. The highest BCUT2D eigenvalue weighted by molar-refractivity contribution is 6.04. The molecule has 0 saturated heterocycles. The van der Waals surface area contributed by atoms with Crippen molar-refractivity contribution < 1.29 is 9.59 Å². The summed E-state index contributed by atoms with van der Waals surface area (Å²) in [6, 6.07) is 3.16. The third-order valence-corrected chi connectivity index (χ3v) is 3.45. The van der Waals surface area contributed by atoms with Crippen molar-refractivity contribution in [3.63, 3.8) is 0 Å². The summed E-state index contributed by atoms with van der Waals surface area (Å²) in [4.78, 5) is 28.2. The Kier molecular flexibility index (Phi) is 5.32. The van der Waals surface area contributed by atoms with Crippen LogP contribution in [-0.4, -0.2) is 40.0 Å². The Bertz CT molecular complexity index is 814. The van der Waals surface area contributed by atoms with Crippen molar-refractivity contribution in [2.75, 3.05) is 24.1 Å². The lowest BCUT2D eigenvalue weighted by atomic mass is 10.3. The van der Waals surface area contributed by atoms with E-state index in [1.165, 1.54) is 0 Å². The van der Waals surface area contributed by atoms with Crippen LogP contribution in [-0.2, 0) is 14.1 Å². The molecule has 0 aliphatic carbocycles. The van der Waals surface area contributed by atoms with Gasteiger partial charge in [0.1, 0.15) is 11.4 Å². The van der Waals surface area contributed by atoms with Crippen LogP contribution in [0.15, 0.2) is 29.5 Å². The van der Waals surface area contributed by atoms with E-state index in [1.54, 1.807) is 47.8 Å². The van der Waals surface area contributed by atoms with Gasteiger partial charge in [0, 0.05) is 33.0 Å². The van der Waals surface area contributed by atoms with E-state index in [2.05, 4.69) is 15.6 Å². The Balaban J connectivity index is 2.01. The van der Waals surface area contributed by atoms with Crippen LogP contribution >= 0.6 is 0 Å². The molecular formula is C15H22N8O2. The van der Waals surface area contributed by atoms with Gasteiger partial charge in [-0.25, -0.2) is 0 Å². The zero-order valence-electron chi connectivity index (χ0n) is 14.1. The Hall–Kier alpha value is -3.43. The van der Waals surface area contributed by atoms with E-state index in [1.807, 2.05) is 0 Å². The number of nitrogens with zero attached hydrogens (tertiary/aromatic N) is 3. The summed E-state index contributed by atoms with van der Waals surface area (Å²) >= 11 is 0. The molecule has 2 heterocycles. The van der Waals surface area contributed by atoms with E-state index < -0.39 is 0 Å². The number of aliphatic imine (C=N–C) groups is 1. The van der Waals surface area contributed by atoms with Gasteiger partial charge >= 0.3 is 0 Å². The number of aryl methyl sites for hydroxylation is 2. The summed E-state index contributed by atoms with van der Waals surface area (Å²) < 4.78 is 3.25. The highest BCUT2D eigenvalue weighted by Crippen LogP contribution is 2.16. The highest BCUT2D eigenvalue weighted by atomic mass is 16.2. The average molecular weight is 346 g/mol. The summed E-state index contributed by atoms with van der Waals surface area (Å²) in [6.07, 6.45) is 3.30. The second-order valence-electron chi connectivity index (χ2n) is 5.51. The van der Waals surface area contributed by atoms with Gasteiger partial charge in [-0.05, 0) is 12.1 Å². The van der Waals surface area contributed by atoms with E-state index in [-0.39, 0.29) is 24.3 Å². The summed E-state index contributed by atoms with van der Waals surface area (Å²) in [5.74, 6) is -0.638. The maximum atomic E-state index is 12.3. The first-order chi connectivity index (χ1) is 11.8. The number of aromatic nitrogens is 2. The van der Waals surface area contributed by atoms with Crippen molar-refractivity contribution in [3.05, 3.63) is 35.9 Å². The lowest BCUT2D eigenvalue weighted by Gasteiger charge is -2.04. The number of hydrogen-bond acceptors (Lipinski definition) is 4. The van der Waals surface area contributed by atoms with Gasteiger partial charge < -0.3 is 37.0 Å². The Morgan fingerprint density at radius 2 is 1.72 bits per heavy atom. The first-order valence-electron chi connectivity index (χ1n) is 7.51. The zero-order chi connectivity index (χ0) is 18.6. The molecule has 2 amide bonds. The number of hydrogen-bond donors (Lipinski definition) is 5. The van der Waals surface area contributed by atoms with Crippen molar-refractivity contribution in [2.24, 2.45) is 30.6 Å². The molecule has 2 aromatic heterocycles. The largest absolute Gasteiger partial charge is 0.397 e. The highest BCUT2D eigenvalue weighted by Gasteiger charge is 2.15. The van der Waals surface area contributed by atoms with Crippen LogP contribution in [0.1, 0.15) is 21.0 Å². The van der Waals surface area contributed by atoms with E-state index in [0.29, 0.717) is 29.3 Å². The molecule has 0 bridgehead atoms. The maximum absolute atomic E-state index is 12.3. The Morgan fingerprint density at radius 1 is 1.08 bits per heavy atom. The lowest BCUT2D eigenvalue weighted by molar-refractivity contribution is 0.0945. The standard InChI is InChI=1S/C15H22N8O2/c1-22-7-9(16)5-11(22)14(25)21-10-6-12(23(2)8-10)13(24)19-3-4-20-15(17)18/h5-8H,3-4,16H2,1-2H3,(H,19,24)(H,21,25)(H4,17,18,20). The van der Waals surface area contributed by atoms with Crippen LogP contribution in [0.5, 0.6) is 0 Å². The topological polar surface area (TPSA) is 158 Å². The third kappa shape index (κ3) is 4.53. The van der Waals surface area contributed by atoms with Gasteiger partial charge in [-0.3, -0.25) is 14.6 Å². The number of amides is 2. The summed E-state index contributed by atoms with van der Waals surface area (Å²) in [5.41, 5.74) is 17.9. The van der Waals surface area contributed by atoms with Crippen LogP contribution in [0.2, 0.25) is 0 Å². The molecule has 10 heteroatoms. The molecule has 0 fully saturated rings. The van der Waals surface area contributed by atoms with Crippen molar-refractivity contribution >= 4 is 29.1 Å². The van der Waals surface area contributed by atoms with Crippen molar-refractivity contribution in [1.29, 1.82) is 0 Å². The summed E-state index contributed by atoms with van der Waals surface area (Å²) in [5, 5.41) is 5.43. The predicted molar refractivity (Wildman–Crippen MR) is 96.2 cm³/mol. The second kappa shape index (κ2) is 7.43. The van der Waals surface area contributed by atoms with Crippen LogP contribution < -0.4 is 27.8 Å². The number of nitrogens with two attached hydrogens (primary N) is 3. The van der Waals surface area contributed by atoms with E-state index >= 15 is 0 Å². The Labute approximate surface area is 144 Å². The van der Waals surface area contributed by atoms with Crippen LogP contribution in [0.3, 0.4) is 0 Å². The normalized spacial score (nSPS) is 10.3. The molecule has 134 valence electrons. The monoisotopic (exact) mass is 346 g/mol. The quantitative estimate of drug-likeness (QED) is 0.263. The fraction of sp³-hybridized carbons (Fsp3) is 0.267. The number of carbonyl (C=O) groups is 2. The molecular weight excluding hydrogens is 324 g/mol. The molecule has 0 atom stereocenters. The fourth-order valence-corrected chi connectivity index (χ4v) is 2.31. The minimum Gasteiger partial charge on any atom is -0.397 e. The number of nitrogens with one attached hydrogen (secondary N) is 2. The fourth-order valence-electron chi connectivity index (χ4n) is 2.31. The molecule has 0 saturated carbocycles. The Morgan fingerprint density at radius 3 is 2.32 bits per heavy atom. The van der Waals surface area contributed by atoms with Crippen molar-refractivity contribution in [3.8, 4) is 0 Å². The summed E-state index contributed by atoms with van der Waals surface area (Å²) in [6.45, 7) is 0.587. The van der Waals surface area contributed by atoms with Gasteiger partial charge in [0.05, 0.1) is 17.9 Å². The summed E-state index contributed by atoms with van der Waals surface area (Å²) in [7, 11) is 3.44. The lowest BCUT2D eigenvalue weighted by Crippen LogP contribution is -2.29. The number of rotatable bonds is 6. The SMILES string of the molecule is Cn1cc(NC(=O)c2cc(N)cn2C)cc1C(=O)NCCN=C(N)N. The third-order valence-electron chi connectivity index (χ3n) is 3.45.